The topological polar surface area (TPSA) is 105 Å². The summed E-state index contributed by atoms with van der Waals surface area (Å²) in [4.78, 5) is 50.2. The lowest BCUT2D eigenvalue weighted by atomic mass is 9.48. The van der Waals surface area contributed by atoms with E-state index in [1.807, 2.05) is 0 Å². The van der Waals surface area contributed by atoms with Crippen molar-refractivity contribution in [2.75, 3.05) is 28.4 Å². The molecule has 0 aromatic carbocycles. The van der Waals surface area contributed by atoms with E-state index in [0.717, 1.165) is 12.8 Å². The van der Waals surface area contributed by atoms with Gasteiger partial charge in [-0.15, -0.1) is 0 Å². The van der Waals surface area contributed by atoms with Gasteiger partial charge in [0.2, 0.25) is 0 Å². The van der Waals surface area contributed by atoms with Gasteiger partial charge in [-0.05, 0) is 48.3 Å². The number of rotatable bonds is 4. The largest absolute Gasteiger partial charge is 0.466 e. The third kappa shape index (κ3) is 2.01. The van der Waals surface area contributed by atoms with Gasteiger partial charge in [-0.1, -0.05) is 0 Å². The molecule has 4 fully saturated rings. The van der Waals surface area contributed by atoms with E-state index in [1.165, 1.54) is 28.4 Å². The Hall–Kier alpha value is -2.64. The van der Waals surface area contributed by atoms with Crippen LogP contribution in [-0.4, -0.2) is 52.3 Å². The highest BCUT2D eigenvalue weighted by atomic mass is 16.5. The molecule has 8 atom stereocenters. The number of carbonyl (C=O) groups excluding carboxylic acids is 4. The maximum absolute atomic E-state index is 12.5. The Morgan fingerprint density at radius 2 is 0.719 bits per heavy atom. The molecular weight excluding hydrogens is 416 g/mol. The summed E-state index contributed by atoms with van der Waals surface area (Å²) in [6.07, 6.45) is 1.92. The van der Waals surface area contributed by atoms with E-state index in [1.54, 1.807) is 0 Å². The molecule has 0 spiro atoms. The third-order valence-corrected chi connectivity index (χ3v) is 9.66. The lowest BCUT2D eigenvalue weighted by molar-refractivity contribution is -0.146. The van der Waals surface area contributed by atoms with E-state index in [-0.39, 0.29) is 47.3 Å². The molecule has 6 rings (SSSR count). The number of hydrogen-bond donors (Lipinski definition) is 0. The van der Waals surface area contributed by atoms with Gasteiger partial charge in [0.25, 0.3) is 0 Å². The minimum atomic E-state index is -0.441. The molecule has 6 aliphatic rings. The summed E-state index contributed by atoms with van der Waals surface area (Å²) in [6.45, 7) is 0. The van der Waals surface area contributed by atoms with Gasteiger partial charge in [0.1, 0.15) is 0 Å². The molecule has 8 heteroatoms. The van der Waals surface area contributed by atoms with Gasteiger partial charge in [-0.25, -0.2) is 19.2 Å². The minimum absolute atomic E-state index is 0.0197. The van der Waals surface area contributed by atoms with Gasteiger partial charge in [-0.3, -0.25) is 0 Å². The Kier molecular flexibility index (Phi) is 4.03. The first-order valence-electron chi connectivity index (χ1n) is 11.2. The Labute approximate surface area is 185 Å². The molecular formula is C24H26O8. The van der Waals surface area contributed by atoms with Crippen LogP contribution >= 0.6 is 0 Å². The fraction of sp³-hybridized carbons (Fsp3) is 0.667. The molecule has 8 unspecified atom stereocenters. The molecule has 0 aromatic heterocycles. The van der Waals surface area contributed by atoms with Gasteiger partial charge < -0.3 is 18.9 Å². The fourth-order valence-electron chi connectivity index (χ4n) is 9.17. The van der Waals surface area contributed by atoms with Crippen molar-refractivity contribution in [2.45, 2.75) is 12.8 Å². The summed E-state index contributed by atoms with van der Waals surface area (Å²) < 4.78 is 20.0. The van der Waals surface area contributed by atoms with Crippen molar-refractivity contribution in [1.29, 1.82) is 0 Å². The summed E-state index contributed by atoms with van der Waals surface area (Å²) in [7, 11) is 5.36. The van der Waals surface area contributed by atoms with Crippen molar-refractivity contribution < 1.29 is 38.1 Å². The summed E-state index contributed by atoms with van der Waals surface area (Å²) in [6, 6.07) is 0. The second kappa shape index (κ2) is 6.45. The first-order valence-corrected chi connectivity index (χ1v) is 11.2. The fourth-order valence-corrected chi connectivity index (χ4v) is 9.17. The molecule has 170 valence electrons. The third-order valence-electron chi connectivity index (χ3n) is 9.66. The summed E-state index contributed by atoms with van der Waals surface area (Å²) >= 11 is 0. The molecule has 0 N–H and O–H groups in total. The predicted molar refractivity (Wildman–Crippen MR) is 106 cm³/mol. The Bertz CT molecular complexity index is 879. The van der Waals surface area contributed by atoms with E-state index in [4.69, 9.17) is 18.9 Å². The molecule has 0 radical (unpaired) electrons. The number of esters is 4. The molecule has 4 bridgehead atoms. The second-order valence-electron chi connectivity index (χ2n) is 10.0. The standard InChI is InChI=1S/C24H26O8/c1-29-21(25)17-13-7-5-8(14(13)18(17)22(26)30-2)12-10-6-9(11(7)12)15-16(10)20(24(28)32-4)19(15)23(27)31-3/h7-16H,5-6H2,1-4H3. The van der Waals surface area contributed by atoms with Crippen molar-refractivity contribution in [3.05, 3.63) is 22.3 Å². The van der Waals surface area contributed by atoms with Crippen LogP contribution in [0.15, 0.2) is 22.3 Å². The van der Waals surface area contributed by atoms with E-state index in [0.29, 0.717) is 34.1 Å². The highest BCUT2D eigenvalue weighted by Gasteiger charge is 2.77. The van der Waals surface area contributed by atoms with E-state index in [2.05, 4.69) is 0 Å². The molecule has 6 aliphatic carbocycles. The molecule has 4 saturated carbocycles. The van der Waals surface area contributed by atoms with Crippen molar-refractivity contribution in [2.24, 2.45) is 59.2 Å². The van der Waals surface area contributed by atoms with Gasteiger partial charge in [0.15, 0.2) is 0 Å². The van der Waals surface area contributed by atoms with Crippen LogP contribution in [0.2, 0.25) is 0 Å². The van der Waals surface area contributed by atoms with Crippen LogP contribution in [0.25, 0.3) is 0 Å². The number of ether oxygens (including phenoxy) is 4. The molecule has 0 aromatic rings. The molecule has 0 aliphatic heterocycles. The van der Waals surface area contributed by atoms with Crippen LogP contribution in [-0.2, 0) is 38.1 Å². The van der Waals surface area contributed by atoms with E-state index < -0.39 is 23.9 Å². The van der Waals surface area contributed by atoms with Crippen LogP contribution < -0.4 is 0 Å². The maximum Gasteiger partial charge on any atom is 0.334 e. The average molecular weight is 442 g/mol. The van der Waals surface area contributed by atoms with Crippen LogP contribution in [0.4, 0.5) is 0 Å². The quantitative estimate of drug-likeness (QED) is 0.364. The van der Waals surface area contributed by atoms with Gasteiger partial charge >= 0.3 is 23.9 Å². The Balaban J connectivity index is 1.38. The predicted octanol–water partition coefficient (Wildman–Crippen LogP) is 1.30. The number of carbonyl (C=O) groups is 4. The molecule has 0 heterocycles. The Morgan fingerprint density at radius 1 is 0.500 bits per heavy atom. The zero-order valence-corrected chi connectivity index (χ0v) is 18.5. The van der Waals surface area contributed by atoms with Gasteiger partial charge in [-0.2, -0.15) is 0 Å². The minimum Gasteiger partial charge on any atom is -0.466 e. The summed E-state index contributed by atoms with van der Waals surface area (Å²) in [5.74, 6) is 0.220. The van der Waals surface area contributed by atoms with E-state index >= 15 is 0 Å². The van der Waals surface area contributed by atoms with Crippen molar-refractivity contribution in [3.8, 4) is 0 Å². The van der Waals surface area contributed by atoms with Crippen LogP contribution in [0.5, 0.6) is 0 Å². The zero-order chi connectivity index (χ0) is 22.6. The first-order chi connectivity index (χ1) is 15.4. The van der Waals surface area contributed by atoms with Crippen LogP contribution in [0.1, 0.15) is 12.8 Å². The van der Waals surface area contributed by atoms with Gasteiger partial charge in [0, 0.05) is 23.7 Å². The summed E-state index contributed by atoms with van der Waals surface area (Å²) in [5, 5.41) is 0. The smallest absolute Gasteiger partial charge is 0.334 e. The van der Waals surface area contributed by atoms with Crippen molar-refractivity contribution >= 4 is 23.9 Å². The summed E-state index contributed by atoms with van der Waals surface area (Å²) in [5.41, 5.74) is 1.95. The number of methoxy groups -OCH3 is 4. The highest BCUT2D eigenvalue weighted by Crippen LogP contribution is 2.79. The molecule has 8 nitrogen and oxygen atoms in total. The highest BCUT2D eigenvalue weighted by molar-refractivity contribution is 6.05. The van der Waals surface area contributed by atoms with Crippen molar-refractivity contribution in [3.63, 3.8) is 0 Å². The molecule has 0 amide bonds. The maximum atomic E-state index is 12.5. The lowest BCUT2D eigenvalue weighted by Gasteiger charge is -2.54. The monoisotopic (exact) mass is 442 g/mol. The second-order valence-corrected chi connectivity index (χ2v) is 10.0. The lowest BCUT2D eigenvalue weighted by Crippen LogP contribution is -2.54. The van der Waals surface area contributed by atoms with Crippen LogP contribution in [0, 0.1) is 59.2 Å². The SMILES string of the molecule is COC(=O)C1=C(C(=O)OC)C2C3CC(C12)C1C2CC(C4C(C(=O)OC)=C(C(=O)OC)C24)C31. The molecule has 32 heavy (non-hydrogen) atoms. The average Bonchev–Trinajstić information content (AvgIpc) is 3.47. The number of fused-ring (bicyclic) bond motifs is 15. The Morgan fingerprint density at radius 3 is 0.906 bits per heavy atom. The van der Waals surface area contributed by atoms with E-state index in [9.17, 15) is 19.2 Å². The molecule has 0 saturated heterocycles. The van der Waals surface area contributed by atoms with Crippen molar-refractivity contribution in [1.82, 2.24) is 0 Å². The van der Waals surface area contributed by atoms with Gasteiger partial charge in [0.05, 0.1) is 50.7 Å². The zero-order valence-electron chi connectivity index (χ0n) is 18.5. The van der Waals surface area contributed by atoms with Crippen LogP contribution in [0.3, 0.4) is 0 Å². The normalized spacial score (nSPS) is 43.6. The number of hydrogen-bond acceptors (Lipinski definition) is 8. The first kappa shape index (κ1) is 20.0.